The molecule has 0 saturated carbocycles. The number of rotatable bonds is 6. The van der Waals surface area contributed by atoms with Crippen LogP contribution in [0.25, 0.3) is 0 Å². The number of hydrogen-bond donors (Lipinski definition) is 0. The Kier molecular flexibility index (Phi) is 5.23. The van der Waals surface area contributed by atoms with Crippen LogP contribution in [0, 0.1) is 0 Å². The Hall–Kier alpha value is 0.177. The highest BCUT2D eigenvalue weighted by Crippen LogP contribution is 2.16. The molecule has 2 heteroatoms. The summed E-state index contributed by atoms with van der Waals surface area (Å²) in [7, 11) is -0.844. The summed E-state index contributed by atoms with van der Waals surface area (Å²) in [5.41, 5.74) is 0.0828. The molecule has 1 nitrogen and oxygen atoms in total. The zero-order chi connectivity index (χ0) is 10.5. The molecular formula is C11H26OSi. The van der Waals surface area contributed by atoms with Crippen LogP contribution in [-0.2, 0) is 4.74 Å². The zero-order valence-corrected chi connectivity index (χ0v) is 11.2. The lowest BCUT2D eigenvalue weighted by Crippen LogP contribution is -2.25. The van der Waals surface area contributed by atoms with Gasteiger partial charge in [0.2, 0.25) is 0 Å². The predicted octanol–water partition coefficient (Wildman–Crippen LogP) is 3.92. The van der Waals surface area contributed by atoms with E-state index in [0.29, 0.717) is 0 Å². The Labute approximate surface area is 84.9 Å². The maximum Gasteiger partial charge on any atom is 0.0623 e. The van der Waals surface area contributed by atoms with Gasteiger partial charge in [0, 0.05) is 14.7 Å². The first-order valence-corrected chi connectivity index (χ1v) is 9.11. The van der Waals surface area contributed by atoms with E-state index in [4.69, 9.17) is 4.74 Å². The molecule has 0 heterocycles. The molecule has 0 bridgehead atoms. The van der Waals surface area contributed by atoms with Crippen LogP contribution >= 0.6 is 0 Å². The molecule has 0 aliphatic heterocycles. The van der Waals surface area contributed by atoms with Gasteiger partial charge in [0.1, 0.15) is 0 Å². The fourth-order valence-corrected chi connectivity index (χ4v) is 2.26. The van der Waals surface area contributed by atoms with Gasteiger partial charge < -0.3 is 4.74 Å². The molecule has 0 aromatic rings. The molecule has 0 aliphatic rings. The third-order valence-corrected chi connectivity index (χ3v) is 4.27. The van der Waals surface area contributed by atoms with Gasteiger partial charge in [-0.2, -0.15) is 0 Å². The molecule has 0 radical (unpaired) electrons. The summed E-state index contributed by atoms with van der Waals surface area (Å²) in [5.74, 6) is 0. The Bertz CT molecular complexity index is 136. The third kappa shape index (κ3) is 8.51. The summed E-state index contributed by atoms with van der Waals surface area (Å²) >= 11 is 0. The second kappa shape index (κ2) is 5.16. The summed E-state index contributed by atoms with van der Waals surface area (Å²) in [4.78, 5) is 0. The summed E-state index contributed by atoms with van der Waals surface area (Å²) in [5, 5.41) is 0. The molecule has 0 aliphatic carbocycles. The van der Waals surface area contributed by atoms with Crippen molar-refractivity contribution in [3.63, 3.8) is 0 Å². The first-order chi connectivity index (χ1) is 5.77. The van der Waals surface area contributed by atoms with Crippen LogP contribution in [0.3, 0.4) is 0 Å². The first kappa shape index (κ1) is 13.2. The second-order valence-electron chi connectivity index (χ2n) is 5.63. The van der Waals surface area contributed by atoms with Crippen LogP contribution in [0.15, 0.2) is 0 Å². The topological polar surface area (TPSA) is 9.23 Å². The van der Waals surface area contributed by atoms with Gasteiger partial charge in [-0.05, 0) is 26.7 Å². The highest BCUT2D eigenvalue weighted by atomic mass is 28.3. The Morgan fingerprint density at radius 1 is 1.15 bits per heavy atom. The van der Waals surface area contributed by atoms with Crippen molar-refractivity contribution in [2.24, 2.45) is 0 Å². The lowest BCUT2D eigenvalue weighted by Gasteiger charge is -2.24. The molecule has 0 aromatic carbocycles. The molecule has 80 valence electrons. The quantitative estimate of drug-likeness (QED) is 0.468. The third-order valence-electron chi connectivity index (χ3n) is 2.42. The molecular weight excluding hydrogens is 176 g/mol. The van der Waals surface area contributed by atoms with E-state index in [1.807, 2.05) is 0 Å². The minimum absolute atomic E-state index is 0.0828. The van der Waals surface area contributed by atoms with Gasteiger partial charge in [0.15, 0.2) is 0 Å². The minimum Gasteiger partial charge on any atom is -0.376 e. The zero-order valence-electron chi connectivity index (χ0n) is 10.2. The van der Waals surface area contributed by atoms with Crippen LogP contribution in [0.4, 0.5) is 0 Å². The molecule has 0 fully saturated rings. The Morgan fingerprint density at radius 3 is 2.08 bits per heavy atom. The molecule has 0 unspecified atom stereocenters. The van der Waals surface area contributed by atoms with Crippen LogP contribution in [0.2, 0.25) is 25.7 Å². The van der Waals surface area contributed by atoms with Crippen LogP contribution in [0.5, 0.6) is 0 Å². The molecule has 0 N–H and O–H groups in total. The van der Waals surface area contributed by atoms with E-state index in [-0.39, 0.29) is 5.60 Å². The minimum atomic E-state index is -0.844. The summed E-state index contributed by atoms with van der Waals surface area (Å²) in [6.45, 7) is 14.7. The van der Waals surface area contributed by atoms with Crippen LogP contribution in [-0.4, -0.2) is 20.3 Å². The average Bonchev–Trinajstić information content (AvgIpc) is 1.97. The van der Waals surface area contributed by atoms with E-state index in [2.05, 4.69) is 40.4 Å². The van der Waals surface area contributed by atoms with Crippen LogP contribution in [0.1, 0.15) is 33.6 Å². The van der Waals surface area contributed by atoms with Crippen molar-refractivity contribution in [2.75, 3.05) is 6.61 Å². The van der Waals surface area contributed by atoms with E-state index >= 15 is 0 Å². The maximum absolute atomic E-state index is 5.80. The van der Waals surface area contributed by atoms with Gasteiger partial charge in [0.05, 0.1) is 5.60 Å². The monoisotopic (exact) mass is 202 g/mol. The van der Waals surface area contributed by atoms with Crippen molar-refractivity contribution < 1.29 is 4.74 Å². The predicted molar refractivity (Wildman–Crippen MR) is 63.1 cm³/mol. The summed E-state index contributed by atoms with van der Waals surface area (Å²) < 4.78 is 5.80. The van der Waals surface area contributed by atoms with Gasteiger partial charge >= 0.3 is 0 Å². The smallest absolute Gasteiger partial charge is 0.0623 e. The number of hydrogen-bond acceptors (Lipinski definition) is 1. The van der Waals surface area contributed by atoms with E-state index < -0.39 is 8.07 Å². The maximum atomic E-state index is 5.80. The van der Waals surface area contributed by atoms with Crippen molar-refractivity contribution in [2.45, 2.75) is 64.9 Å². The van der Waals surface area contributed by atoms with Gasteiger partial charge in [-0.15, -0.1) is 0 Å². The standard InChI is InChI=1S/C11H26OSi/c1-7-11(2,3)12-9-8-10-13(4,5)6/h7-10H2,1-6H3. The summed E-state index contributed by atoms with van der Waals surface area (Å²) in [6, 6.07) is 1.38. The van der Waals surface area contributed by atoms with Crippen LogP contribution < -0.4 is 0 Å². The van der Waals surface area contributed by atoms with Crippen molar-refractivity contribution in [1.82, 2.24) is 0 Å². The largest absolute Gasteiger partial charge is 0.376 e. The highest BCUT2D eigenvalue weighted by Gasteiger charge is 2.16. The molecule has 13 heavy (non-hydrogen) atoms. The van der Waals surface area contributed by atoms with Crippen molar-refractivity contribution >= 4 is 8.07 Å². The highest BCUT2D eigenvalue weighted by molar-refractivity contribution is 6.76. The number of ether oxygens (including phenoxy) is 1. The first-order valence-electron chi connectivity index (χ1n) is 5.41. The summed E-state index contributed by atoms with van der Waals surface area (Å²) in [6.07, 6.45) is 2.33. The van der Waals surface area contributed by atoms with Gasteiger partial charge in [0.25, 0.3) is 0 Å². The van der Waals surface area contributed by atoms with Crippen molar-refractivity contribution in [3.05, 3.63) is 0 Å². The molecule has 0 rings (SSSR count). The SMILES string of the molecule is CCC(C)(C)OCCC[Si](C)(C)C. The lowest BCUT2D eigenvalue weighted by atomic mass is 10.1. The van der Waals surface area contributed by atoms with E-state index in [9.17, 15) is 0 Å². The van der Waals surface area contributed by atoms with Gasteiger partial charge in [-0.1, -0.05) is 32.6 Å². The second-order valence-corrected chi connectivity index (χ2v) is 11.2. The van der Waals surface area contributed by atoms with Gasteiger partial charge in [-0.3, -0.25) is 0 Å². The Balaban J connectivity index is 3.47. The lowest BCUT2D eigenvalue weighted by molar-refractivity contribution is -0.0196. The normalized spacial score (nSPS) is 13.4. The van der Waals surface area contributed by atoms with E-state index in [1.165, 1.54) is 12.5 Å². The van der Waals surface area contributed by atoms with Crippen molar-refractivity contribution in [3.8, 4) is 0 Å². The molecule has 0 saturated heterocycles. The molecule has 0 spiro atoms. The van der Waals surface area contributed by atoms with E-state index in [0.717, 1.165) is 13.0 Å². The van der Waals surface area contributed by atoms with Crippen molar-refractivity contribution in [1.29, 1.82) is 0 Å². The fourth-order valence-electron chi connectivity index (χ4n) is 1.05. The molecule has 0 atom stereocenters. The molecule has 0 amide bonds. The van der Waals surface area contributed by atoms with Gasteiger partial charge in [-0.25, -0.2) is 0 Å². The fraction of sp³-hybridized carbons (Fsp3) is 1.00. The molecule has 0 aromatic heterocycles. The Morgan fingerprint density at radius 2 is 1.69 bits per heavy atom. The average molecular weight is 202 g/mol. The van der Waals surface area contributed by atoms with E-state index in [1.54, 1.807) is 0 Å².